The number of thiophene rings is 1. The predicted molar refractivity (Wildman–Crippen MR) is 83.5 cm³/mol. The summed E-state index contributed by atoms with van der Waals surface area (Å²) >= 11 is 1.06. The van der Waals surface area contributed by atoms with E-state index in [0.29, 0.717) is 16.3 Å². The van der Waals surface area contributed by atoms with Crippen molar-refractivity contribution >= 4 is 28.9 Å². The maximum Gasteiger partial charge on any atom is 0.345 e. The van der Waals surface area contributed by atoms with Crippen molar-refractivity contribution in [2.24, 2.45) is 5.10 Å². The Balaban J connectivity index is 1.86. The van der Waals surface area contributed by atoms with Crippen LogP contribution in [0.2, 0.25) is 0 Å². The number of carbonyl (C=O) groups is 2. The Morgan fingerprint density at radius 1 is 1.22 bits per heavy atom. The summed E-state index contributed by atoms with van der Waals surface area (Å²) in [5.41, 5.74) is 2.79. The van der Waals surface area contributed by atoms with Crippen molar-refractivity contribution in [3.63, 3.8) is 0 Å². The Morgan fingerprint density at radius 2 is 1.87 bits per heavy atom. The van der Waals surface area contributed by atoms with E-state index in [-0.39, 0.29) is 11.5 Å². The quantitative estimate of drug-likeness (QED) is 0.627. The summed E-state index contributed by atoms with van der Waals surface area (Å²) in [6.45, 7) is 1.38. The van der Waals surface area contributed by atoms with Crippen molar-refractivity contribution in [3.05, 3.63) is 52.0 Å². The molecule has 0 saturated heterocycles. The van der Waals surface area contributed by atoms with E-state index in [2.05, 4.69) is 10.5 Å². The van der Waals surface area contributed by atoms with Gasteiger partial charge in [-0.1, -0.05) is 0 Å². The molecule has 8 heteroatoms. The highest BCUT2D eigenvalue weighted by molar-refractivity contribution is 7.15. The van der Waals surface area contributed by atoms with Gasteiger partial charge in [-0.2, -0.15) is 5.10 Å². The number of halogens is 1. The van der Waals surface area contributed by atoms with Crippen LogP contribution in [0.25, 0.3) is 0 Å². The lowest BCUT2D eigenvalue weighted by atomic mass is 10.3. The molecule has 2 aromatic rings. The van der Waals surface area contributed by atoms with Crippen LogP contribution in [0, 0.1) is 5.82 Å². The number of carbonyl (C=O) groups excluding carboxylic acids is 1. The topological polar surface area (TPSA) is 88.0 Å². The zero-order chi connectivity index (χ0) is 16.8. The van der Waals surface area contributed by atoms with E-state index in [9.17, 15) is 14.0 Å². The van der Waals surface area contributed by atoms with E-state index in [0.717, 1.165) is 11.3 Å². The van der Waals surface area contributed by atoms with Crippen LogP contribution >= 0.6 is 11.3 Å². The monoisotopic (exact) mass is 336 g/mol. The van der Waals surface area contributed by atoms with Gasteiger partial charge in [0.2, 0.25) is 0 Å². The molecular weight excluding hydrogens is 323 g/mol. The van der Waals surface area contributed by atoms with E-state index in [1.807, 2.05) is 0 Å². The molecule has 1 aromatic carbocycles. The molecule has 1 heterocycles. The third kappa shape index (κ3) is 4.89. The van der Waals surface area contributed by atoms with Crippen LogP contribution in [0.4, 0.5) is 4.39 Å². The number of hydrazone groups is 1. The first-order chi connectivity index (χ1) is 11.0. The number of carboxylic acids is 1. The SMILES string of the molecule is C/C(=N/NC(=O)COc1ccc(F)cc1)c1ccc(C(=O)O)s1. The highest BCUT2D eigenvalue weighted by Crippen LogP contribution is 2.17. The molecule has 23 heavy (non-hydrogen) atoms. The van der Waals surface area contributed by atoms with Gasteiger partial charge < -0.3 is 9.84 Å². The van der Waals surface area contributed by atoms with Gasteiger partial charge in [0.15, 0.2) is 6.61 Å². The average Bonchev–Trinajstić information content (AvgIpc) is 3.02. The van der Waals surface area contributed by atoms with E-state index in [1.165, 1.54) is 30.3 Å². The summed E-state index contributed by atoms with van der Waals surface area (Å²) < 4.78 is 17.9. The lowest BCUT2D eigenvalue weighted by molar-refractivity contribution is -0.123. The van der Waals surface area contributed by atoms with Gasteiger partial charge in [-0.25, -0.2) is 14.6 Å². The third-order valence-corrected chi connectivity index (χ3v) is 3.89. The fourth-order valence-corrected chi connectivity index (χ4v) is 2.35. The van der Waals surface area contributed by atoms with Gasteiger partial charge in [-0.15, -0.1) is 11.3 Å². The van der Waals surface area contributed by atoms with Crippen molar-refractivity contribution in [2.45, 2.75) is 6.92 Å². The number of hydrogen-bond donors (Lipinski definition) is 2. The van der Waals surface area contributed by atoms with Gasteiger partial charge in [-0.3, -0.25) is 4.79 Å². The van der Waals surface area contributed by atoms with Crippen LogP contribution < -0.4 is 10.2 Å². The van der Waals surface area contributed by atoms with Crippen molar-refractivity contribution in [3.8, 4) is 5.75 Å². The summed E-state index contributed by atoms with van der Waals surface area (Å²) in [5, 5.41) is 12.7. The van der Waals surface area contributed by atoms with E-state index in [1.54, 1.807) is 13.0 Å². The standard InChI is InChI=1S/C15H13FN2O4S/c1-9(12-6-7-13(23-12)15(20)21)17-18-14(19)8-22-11-4-2-10(16)3-5-11/h2-7H,8H2,1H3,(H,18,19)(H,20,21)/b17-9-. The second-order valence-electron chi connectivity index (χ2n) is 4.44. The summed E-state index contributed by atoms with van der Waals surface area (Å²) in [4.78, 5) is 23.3. The molecule has 0 spiro atoms. The zero-order valence-corrected chi connectivity index (χ0v) is 12.9. The molecule has 1 amide bonds. The number of carboxylic acid groups (broad SMARTS) is 1. The summed E-state index contributed by atoms with van der Waals surface area (Å²) in [6, 6.07) is 8.38. The molecule has 0 unspecified atom stereocenters. The number of ether oxygens (including phenoxy) is 1. The number of rotatable bonds is 6. The van der Waals surface area contributed by atoms with Gasteiger partial charge in [0.05, 0.1) is 10.6 Å². The maximum atomic E-state index is 12.7. The Kier molecular flexibility index (Phi) is 5.42. The van der Waals surface area contributed by atoms with Crippen LogP contribution in [0.1, 0.15) is 21.5 Å². The highest BCUT2D eigenvalue weighted by Gasteiger charge is 2.09. The van der Waals surface area contributed by atoms with Crippen molar-refractivity contribution in [1.82, 2.24) is 5.43 Å². The molecule has 0 aliphatic rings. The van der Waals surface area contributed by atoms with Gasteiger partial charge >= 0.3 is 5.97 Å². The second kappa shape index (κ2) is 7.50. The minimum absolute atomic E-state index is 0.195. The molecule has 0 aliphatic carbocycles. The summed E-state index contributed by atoms with van der Waals surface area (Å²) in [7, 11) is 0. The lowest BCUT2D eigenvalue weighted by Gasteiger charge is -2.05. The fourth-order valence-electron chi connectivity index (χ4n) is 1.56. The Labute approximate surface area is 135 Å². The Bertz CT molecular complexity index is 740. The molecule has 0 fully saturated rings. The van der Waals surface area contributed by atoms with Crippen molar-refractivity contribution in [2.75, 3.05) is 6.61 Å². The molecule has 6 nitrogen and oxygen atoms in total. The van der Waals surface area contributed by atoms with E-state index >= 15 is 0 Å². The van der Waals surface area contributed by atoms with Crippen LogP contribution in [0.3, 0.4) is 0 Å². The molecule has 2 rings (SSSR count). The maximum absolute atomic E-state index is 12.7. The van der Waals surface area contributed by atoms with E-state index < -0.39 is 17.7 Å². The van der Waals surface area contributed by atoms with Crippen LogP contribution in [0.15, 0.2) is 41.5 Å². The molecule has 0 radical (unpaired) electrons. The largest absolute Gasteiger partial charge is 0.484 e. The molecule has 0 saturated carbocycles. The first-order valence-electron chi connectivity index (χ1n) is 6.50. The van der Waals surface area contributed by atoms with Crippen LogP contribution in [0.5, 0.6) is 5.75 Å². The normalized spacial score (nSPS) is 11.1. The third-order valence-electron chi connectivity index (χ3n) is 2.71. The minimum Gasteiger partial charge on any atom is -0.484 e. The van der Waals surface area contributed by atoms with Crippen LogP contribution in [-0.4, -0.2) is 29.3 Å². The number of nitrogens with zero attached hydrogens (tertiary/aromatic N) is 1. The number of aromatic carboxylic acids is 1. The molecule has 120 valence electrons. The smallest absolute Gasteiger partial charge is 0.345 e. The second-order valence-corrected chi connectivity index (χ2v) is 5.53. The Morgan fingerprint density at radius 3 is 2.48 bits per heavy atom. The molecular formula is C15H13FN2O4S. The van der Waals surface area contributed by atoms with Crippen LogP contribution in [-0.2, 0) is 4.79 Å². The van der Waals surface area contributed by atoms with E-state index in [4.69, 9.17) is 9.84 Å². The van der Waals surface area contributed by atoms with Gasteiger partial charge in [-0.05, 0) is 43.3 Å². The molecule has 0 bridgehead atoms. The number of nitrogens with one attached hydrogen (secondary N) is 1. The average molecular weight is 336 g/mol. The van der Waals surface area contributed by atoms with Gasteiger partial charge in [0.25, 0.3) is 5.91 Å². The van der Waals surface area contributed by atoms with Crippen molar-refractivity contribution < 1.29 is 23.8 Å². The highest BCUT2D eigenvalue weighted by atomic mass is 32.1. The summed E-state index contributed by atoms with van der Waals surface area (Å²) in [5.74, 6) is -1.51. The summed E-state index contributed by atoms with van der Waals surface area (Å²) in [6.07, 6.45) is 0. The molecule has 2 N–H and O–H groups in total. The van der Waals surface area contributed by atoms with Crippen molar-refractivity contribution in [1.29, 1.82) is 0 Å². The minimum atomic E-state index is -1.01. The number of benzene rings is 1. The first kappa shape index (κ1) is 16.6. The number of hydrogen-bond acceptors (Lipinski definition) is 5. The predicted octanol–water partition coefficient (Wildman–Crippen LogP) is 2.50. The first-order valence-corrected chi connectivity index (χ1v) is 7.32. The zero-order valence-electron chi connectivity index (χ0n) is 12.1. The Hall–Kier alpha value is -2.74. The van der Waals surface area contributed by atoms with Gasteiger partial charge in [0.1, 0.15) is 16.4 Å². The lowest BCUT2D eigenvalue weighted by Crippen LogP contribution is -2.25. The molecule has 0 aliphatic heterocycles. The fraction of sp³-hybridized carbons (Fsp3) is 0.133. The molecule has 0 atom stereocenters. The van der Waals surface area contributed by atoms with Gasteiger partial charge in [0, 0.05) is 0 Å². The molecule has 1 aromatic heterocycles. The number of amides is 1.